The maximum atomic E-state index is 13.3. The van der Waals surface area contributed by atoms with E-state index in [4.69, 9.17) is 4.74 Å². The maximum Gasteiger partial charge on any atom is 0.308 e. The minimum Gasteiger partial charge on any atom is -0.497 e. The zero-order valence-electron chi connectivity index (χ0n) is 20.2. The largest absolute Gasteiger partial charge is 0.497 e. The molecule has 1 aliphatic rings. The Morgan fingerprint density at radius 2 is 2.11 bits per heavy atom. The van der Waals surface area contributed by atoms with E-state index in [2.05, 4.69) is 16.0 Å². The summed E-state index contributed by atoms with van der Waals surface area (Å²) in [5.74, 6) is 0.693. The summed E-state index contributed by atoms with van der Waals surface area (Å²) in [6, 6.07) is 14.6. The highest BCUT2D eigenvalue weighted by molar-refractivity contribution is 7.99. The maximum absolute atomic E-state index is 13.3. The second kappa shape index (κ2) is 12.4. The Morgan fingerprint density at radius 3 is 2.91 bits per heavy atom. The highest BCUT2D eigenvalue weighted by Crippen LogP contribution is 2.30. The number of hydrogen-bond acceptors (Lipinski definition) is 5. The standard InChI is InChI=1S/C28H33FN2O3S/c1-34-23-9-10-27-25(18-23)20(11-13-30-27)5-2-6-21-12-15-31(19-26(21)28(32)33)14-4-16-35-24-8-3-7-22(29)17-24/h3,7-11,13,17-18,21,26H,2,4-6,12,14-16,19H2,1H3,(H,32,33)/t21-,26+/m1/s1. The van der Waals surface area contributed by atoms with Crippen LogP contribution in [0.1, 0.15) is 31.2 Å². The van der Waals surface area contributed by atoms with Gasteiger partial charge >= 0.3 is 5.97 Å². The number of methoxy groups -OCH3 is 1. The van der Waals surface area contributed by atoms with Gasteiger partial charge in [0, 0.05) is 23.0 Å². The molecule has 5 nitrogen and oxygen atoms in total. The van der Waals surface area contributed by atoms with E-state index in [0.29, 0.717) is 6.54 Å². The second-order valence-electron chi connectivity index (χ2n) is 9.20. The van der Waals surface area contributed by atoms with Crippen LogP contribution in [0.15, 0.2) is 59.6 Å². The number of aryl methyl sites for hydroxylation is 1. The molecule has 186 valence electrons. The number of piperidine rings is 1. The van der Waals surface area contributed by atoms with Crippen LogP contribution in [0.4, 0.5) is 4.39 Å². The molecule has 1 N–H and O–H groups in total. The van der Waals surface area contributed by atoms with E-state index < -0.39 is 5.97 Å². The molecule has 35 heavy (non-hydrogen) atoms. The van der Waals surface area contributed by atoms with Crippen LogP contribution in [-0.4, -0.2) is 53.5 Å². The van der Waals surface area contributed by atoms with E-state index in [9.17, 15) is 14.3 Å². The molecule has 4 rings (SSSR count). The van der Waals surface area contributed by atoms with E-state index in [1.807, 2.05) is 30.5 Å². The van der Waals surface area contributed by atoms with Crippen LogP contribution in [0.5, 0.6) is 5.75 Å². The average Bonchev–Trinajstić information content (AvgIpc) is 2.87. The van der Waals surface area contributed by atoms with Crippen LogP contribution in [-0.2, 0) is 11.2 Å². The van der Waals surface area contributed by atoms with Gasteiger partial charge in [-0.25, -0.2) is 4.39 Å². The summed E-state index contributed by atoms with van der Waals surface area (Å²) < 4.78 is 18.7. The average molecular weight is 497 g/mol. The van der Waals surface area contributed by atoms with Gasteiger partial charge in [-0.3, -0.25) is 9.78 Å². The molecule has 0 unspecified atom stereocenters. The predicted octanol–water partition coefficient (Wildman–Crippen LogP) is 5.91. The first-order chi connectivity index (χ1) is 17.0. The summed E-state index contributed by atoms with van der Waals surface area (Å²) in [7, 11) is 1.67. The number of aromatic nitrogens is 1. The summed E-state index contributed by atoms with van der Waals surface area (Å²) in [5, 5.41) is 11.0. The molecular formula is C28H33FN2O3S. The Kier molecular flexibility index (Phi) is 8.99. The fourth-order valence-corrected chi connectivity index (χ4v) is 5.89. The molecule has 7 heteroatoms. The number of halogens is 1. The zero-order chi connectivity index (χ0) is 24.6. The van der Waals surface area contributed by atoms with Crippen molar-refractivity contribution >= 4 is 28.6 Å². The zero-order valence-corrected chi connectivity index (χ0v) is 21.0. The number of carboxylic acid groups (broad SMARTS) is 1. The number of pyridine rings is 1. The fraction of sp³-hybridized carbons (Fsp3) is 0.429. The van der Waals surface area contributed by atoms with Crippen molar-refractivity contribution in [3.8, 4) is 5.75 Å². The molecule has 0 spiro atoms. The number of fused-ring (bicyclic) bond motifs is 1. The van der Waals surface area contributed by atoms with E-state index in [1.165, 1.54) is 11.6 Å². The third kappa shape index (κ3) is 6.95. The first kappa shape index (κ1) is 25.5. The molecule has 3 aromatic rings. The lowest BCUT2D eigenvalue weighted by Gasteiger charge is -2.36. The molecule has 1 fully saturated rings. The van der Waals surface area contributed by atoms with Crippen molar-refractivity contribution in [1.29, 1.82) is 0 Å². The van der Waals surface area contributed by atoms with Crippen molar-refractivity contribution in [3.63, 3.8) is 0 Å². The molecule has 2 heterocycles. The van der Waals surface area contributed by atoms with Gasteiger partial charge in [0.2, 0.25) is 0 Å². The Labute approximate surface area is 210 Å². The summed E-state index contributed by atoms with van der Waals surface area (Å²) in [6.07, 6.45) is 6.48. The van der Waals surface area contributed by atoms with Crippen molar-refractivity contribution in [2.75, 3.05) is 32.5 Å². The van der Waals surface area contributed by atoms with E-state index >= 15 is 0 Å². The van der Waals surface area contributed by atoms with Crippen molar-refractivity contribution in [3.05, 3.63) is 66.1 Å². The van der Waals surface area contributed by atoms with Crippen LogP contribution in [0.3, 0.4) is 0 Å². The van der Waals surface area contributed by atoms with Gasteiger partial charge in [0.1, 0.15) is 11.6 Å². The number of rotatable bonds is 11. The molecule has 0 bridgehead atoms. The molecule has 2 aromatic carbocycles. The number of carboxylic acids is 1. The number of carbonyl (C=O) groups is 1. The first-order valence-corrected chi connectivity index (χ1v) is 13.3. The third-order valence-electron chi connectivity index (χ3n) is 6.90. The van der Waals surface area contributed by atoms with Gasteiger partial charge in [-0.1, -0.05) is 6.07 Å². The van der Waals surface area contributed by atoms with Gasteiger partial charge in [-0.2, -0.15) is 0 Å². The highest BCUT2D eigenvalue weighted by Gasteiger charge is 2.33. The number of ether oxygens (including phenoxy) is 1. The van der Waals surface area contributed by atoms with Gasteiger partial charge in [0.25, 0.3) is 0 Å². The molecule has 1 saturated heterocycles. The molecule has 0 amide bonds. The van der Waals surface area contributed by atoms with Crippen molar-refractivity contribution < 1.29 is 19.0 Å². The SMILES string of the molecule is COc1ccc2nccc(CCC[C@@H]3CCN(CCCSc4cccc(F)c4)C[C@@H]3C(=O)O)c2c1. The van der Waals surface area contributed by atoms with Crippen LogP contribution in [0.2, 0.25) is 0 Å². The minimum absolute atomic E-state index is 0.202. The Balaban J connectivity index is 1.26. The first-order valence-electron chi connectivity index (χ1n) is 12.3. The summed E-state index contributed by atoms with van der Waals surface area (Å²) >= 11 is 1.65. The van der Waals surface area contributed by atoms with Crippen LogP contribution >= 0.6 is 11.8 Å². The van der Waals surface area contributed by atoms with E-state index in [1.54, 1.807) is 31.0 Å². The molecule has 0 radical (unpaired) electrons. The molecule has 1 aromatic heterocycles. The summed E-state index contributed by atoms with van der Waals surface area (Å²) in [5.41, 5.74) is 2.18. The van der Waals surface area contributed by atoms with Crippen LogP contribution in [0, 0.1) is 17.7 Å². The van der Waals surface area contributed by atoms with Crippen LogP contribution in [0.25, 0.3) is 10.9 Å². The van der Waals surface area contributed by atoms with Crippen molar-refractivity contribution in [1.82, 2.24) is 9.88 Å². The van der Waals surface area contributed by atoms with Gasteiger partial charge in [-0.05, 0) is 105 Å². The summed E-state index contributed by atoms with van der Waals surface area (Å²) in [4.78, 5) is 19.7. The smallest absolute Gasteiger partial charge is 0.308 e. The quantitative estimate of drug-likeness (QED) is 0.263. The molecule has 2 atom stereocenters. The number of likely N-dealkylation sites (tertiary alicyclic amines) is 1. The van der Waals surface area contributed by atoms with Crippen molar-refractivity contribution in [2.45, 2.75) is 37.0 Å². The fourth-order valence-electron chi connectivity index (χ4n) is 5.01. The molecule has 1 aliphatic heterocycles. The number of benzene rings is 2. The third-order valence-corrected chi connectivity index (χ3v) is 7.98. The molecule has 0 saturated carbocycles. The number of nitrogens with zero attached hydrogens (tertiary/aromatic N) is 2. The predicted molar refractivity (Wildman–Crippen MR) is 139 cm³/mol. The van der Waals surface area contributed by atoms with Gasteiger partial charge in [0.15, 0.2) is 0 Å². The lowest BCUT2D eigenvalue weighted by atomic mass is 9.81. The Hall–Kier alpha value is -2.64. The van der Waals surface area contributed by atoms with E-state index in [-0.39, 0.29) is 17.7 Å². The van der Waals surface area contributed by atoms with Gasteiger partial charge < -0.3 is 14.7 Å². The van der Waals surface area contributed by atoms with Crippen LogP contribution < -0.4 is 4.74 Å². The van der Waals surface area contributed by atoms with Crippen molar-refractivity contribution in [2.24, 2.45) is 11.8 Å². The highest BCUT2D eigenvalue weighted by atomic mass is 32.2. The lowest BCUT2D eigenvalue weighted by molar-refractivity contribution is -0.146. The van der Waals surface area contributed by atoms with E-state index in [0.717, 1.165) is 72.5 Å². The number of aliphatic carboxylic acids is 1. The molecular weight excluding hydrogens is 463 g/mol. The summed E-state index contributed by atoms with van der Waals surface area (Å²) in [6.45, 7) is 2.43. The Morgan fingerprint density at radius 1 is 1.23 bits per heavy atom. The Bertz CT molecular complexity index is 1140. The second-order valence-corrected chi connectivity index (χ2v) is 10.4. The lowest BCUT2D eigenvalue weighted by Crippen LogP contribution is -2.44. The monoisotopic (exact) mass is 496 g/mol. The van der Waals surface area contributed by atoms with Gasteiger partial charge in [0.05, 0.1) is 18.5 Å². The minimum atomic E-state index is -0.687. The normalized spacial score (nSPS) is 18.6. The number of hydrogen-bond donors (Lipinski definition) is 1. The number of thioether (sulfide) groups is 1. The topological polar surface area (TPSA) is 62.7 Å². The van der Waals surface area contributed by atoms with Gasteiger partial charge in [-0.15, -0.1) is 11.8 Å². The molecule has 0 aliphatic carbocycles.